The van der Waals surface area contributed by atoms with Crippen LogP contribution in [-0.4, -0.2) is 16.5 Å². The molecule has 1 aromatic heterocycles. The number of nitrogen functional groups attached to an aromatic ring is 2. The number of nitrogens with one attached hydrogen (secondary N) is 1. The van der Waals surface area contributed by atoms with Crippen molar-refractivity contribution < 1.29 is 0 Å². The fourth-order valence-electron chi connectivity index (χ4n) is 2.56. The summed E-state index contributed by atoms with van der Waals surface area (Å²) in [4.78, 5) is 20.7. The largest absolute Gasteiger partial charge is 0.399 e. The lowest BCUT2D eigenvalue weighted by atomic mass is 10.1. The molecule has 6 heteroatoms. The molecular weight excluding hydrogens is 302 g/mol. The number of benzene rings is 2. The lowest BCUT2D eigenvalue weighted by molar-refractivity contribution is 0.879. The Hall–Kier alpha value is -3.46. The minimum absolute atomic E-state index is 0.107. The Morgan fingerprint density at radius 3 is 2.62 bits per heavy atom. The minimum atomic E-state index is -0.254. The average Bonchev–Trinajstić information content (AvgIpc) is 2.56. The van der Waals surface area contributed by atoms with E-state index < -0.39 is 0 Å². The highest BCUT2D eigenvalue weighted by Gasteiger charge is 2.09. The zero-order chi connectivity index (χ0) is 17.1. The number of aromatic nitrogens is 2. The van der Waals surface area contributed by atoms with E-state index in [1.165, 1.54) is 0 Å². The van der Waals surface area contributed by atoms with Crippen molar-refractivity contribution >= 4 is 28.2 Å². The van der Waals surface area contributed by atoms with Gasteiger partial charge in [0.15, 0.2) is 0 Å². The molecule has 0 unspecified atom stereocenters. The second-order valence-electron chi connectivity index (χ2n) is 5.45. The van der Waals surface area contributed by atoms with Crippen molar-refractivity contribution in [3.05, 3.63) is 58.4 Å². The first kappa shape index (κ1) is 15.4. The summed E-state index contributed by atoms with van der Waals surface area (Å²) >= 11 is 0. The van der Waals surface area contributed by atoms with Gasteiger partial charge in [-0.3, -0.25) is 9.78 Å². The van der Waals surface area contributed by atoms with Crippen LogP contribution in [0, 0.1) is 12.3 Å². The summed E-state index contributed by atoms with van der Waals surface area (Å²) in [5, 5.41) is 0.500. The Balaban J connectivity index is 1.95. The Kier molecular flexibility index (Phi) is 4.08. The fraction of sp³-hybridized carbons (Fsp3) is 0.111. The van der Waals surface area contributed by atoms with Crippen molar-refractivity contribution in [1.29, 1.82) is 0 Å². The maximum absolute atomic E-state index is 12.0. The number of rotatable bonds is 4. The molecule has 3 rings (SSSR count). The molecule has 1 heterocycles. The van der Waals surface area contributed by atoms with E-state index in [1.807, 2.05) is 35.2 Å². The van der Waals surface area contributed by atoms with E-state index in [4.69, 9.17) is 17.9 Å². The van der Waals surface area contributed by atoms with Crippen LogP contribution in [0.1, 0.15) is 5.56 Å². The highest BCUT2D eigenvalue weighted by Crippen LogP contribution is 2.20. The van der Waals surface area contributed by atoms with Gasteiger partial charge in [0.1, 0.15) is 0 Å². The summed E-state index contributed by atoms with van der Waals surface area (Å²) in [6.45, 7) is 1.01. The lowest BCUT2D eigenvalue weighted by Gasteiger charge is -2.23. The molecule has 0 aliphatic carbocycles. The van der Waals surface area contributed by atoms with E-state index in [9.17, 15) is 4.79 Å². The van der Waals surface area contributed by atoms with Crippen molar-refractivity contribution in [3.8, 4) is 12.3 Å². The van der Waals surface area contributed by atoms with Crippen molar-refractivity contribution in [2.75, 3.05) is 22.9 Å². The zero-order valence-electron chi connectivity index (χ0n) is 13.0. The van der Waals surface area contributed by atoms with Gasteiger partial charge in [0.2, 0.25) is 5.95 Å². The SMILES string of the molecule is C#CCN(Cc1ccc2nc(N)[nH]c(=O)c2c1)c1ccc(N)cc1. The summed E-state index contributed by atoms with van der Waals surface area (Å²) in [7, 11) is 0. The molecule has 0 fully saturated rings. The third-order valence-corrected chi connectivity index (χ3v) is 3.70. The summed E-state index contributed by atoms with van der Waals surface area (Å²) in [6, 6.07) is 13.0. The molecule has 0 radical (unpaired) electrons. The smallest absolute Gasteiger partial charge is 0.260 e. The number of H-pyrrole nitrogens is 1. The predicted octanol–water partition coefficient (Wildman–Crippen LogP) is 1.73. The molecule has 0 amide bonds. The number of nitrogens with zero attached hydrogens (tertiary/aromatic N) is 2. The molecule has 0 aliphatic heterocycles. The third kappa shape index (κ3) is 3.15. The van der Waals surface area contributed by atoms with Crippen molar-refractivity contribution in [1.82, 2.24) is 9.97 Å². The molecule has 0 spiro atoms. The van der Waals surface area contributed by atoms with Gasteiger partial charge in [-0.25, -0.2) is 4.98 Å². The Morgan fingerprint density at radius 1 is 1.17 bits per heavy atom. The fourth-order valence-corrected chi connectivity index (χ4v) is 2.56. The third-order valence-electron chi connectivity index (χ3n) is 3.70. The van der Waals surface area contributed by atoms with Crippen LogP contribution in [0.2, 0.25) is 0 Å². The Bertz CT molecular complexity index is 969. The van der Waals surface area contributed by atoms with Gasteiger partial charge in [-0.2, -0.15) is 0 Å². The van der Waals surface area contributed by atoms with E-state index in [0.717, 1.165) is 11.3 Å². The first-order valence-electron chi connectivity index (χ1n) is 7.39. The van der Waals surface area contributed by atoms with Crippen LogP contribution in [0.4, 0.5) is 17.3 Å². The molecule has 0 saturated heterocycles. The number of nitrogens with two attached hydrogens (primary N) is 2. The van der Waals surface area contributed by atoms with Crippen LogP contribution >= 0.6 is 0 Å². The molecule has 0 atom stereocenters. The van der Waals surface area contributed by atoms with Crippen LogP contribution in [0.3, 0.4) is 0 Å². The number of hydrogen-bond donors (Lipinski definition) is 3. The molecule has 5 N–H and O–H groups in total. The topological polar surface area (TPSA) is 101 Å². The molecular formula is C18H17N5O. The summed E-state index contributed by atoms with van der Waals surface area (Å²) in [6.07, 6.45) is 5.49. The normalized spacial score (nSPS) is 10.5. The van der Waals surface area contributed by atoms with Crippen molar-refractivity contribution in [3.63, 3.8) is 0 Å². The van der Waals surface area contributed by atoms with Gasteiger partial charge >= 0.3 is 0 Å². The van der Waals surface area contributed by atoms with Crippen LogP contribution in [0.15, 0.2) is 47.3 Å². The highest BCUT2D eigenvalue weighted by atomic mass is 16.1. The van der Waals surface area contributed by atoms with Crippen LogP contribution in [-0.2, 0) is 6.54 Å². The van der Waals surface area contributed by atoms with Gasteiger partial charge in [-0.15, -0.1) is 6.42 Å². The summed E-state index contributed by atoms with van der Waals surface area (Å²) in [5.74, 6) is 2.76. The first-order valence-corrected chi connectivity index (χ1v) is 7.39. The molecule has 24 heavy (non-hydrogen) atoms. The van der Waals surface area contributed by atoms with Gasteiger partial charge < -0.3 is 16.4 Å². The molecule has 6 nitrogen and oxygen atoms in total. The van der Waals surface area contributed by atoms with Gasteiger partial charge in [0.05, 0.1) is 17.4 Å². The van der Waals surface area contributed by atoms with E-state index >= 15 is 0 Å². The maximum Gasteiger partial charge on any atom is 0.260 e. The van der Waals surface area contributed by atoms with Crippen LogP contribution in [0.25, 0.3) is 10.9 Å². The molecule has 0 saturated carbocycles. The predicted molar refractivity (Wildman–Crippen MR) is 97.5 cm³/mol. The lowest BCUT2D eigenvalue weighted by Crippen LogP contribution is -2.23. The first-order chi connectivity index (χ1) is 11.6. The number of anilines is 3. The van der Waals surface area contributed by atoms with Gasteiger partial charge in [0.25, 0.3) is 5.56 Å². The highest BCUT2D eigenvalue weighted by molar-refractivity contribution is 5.79. The molecule has 3 aromatic rings. The maximum atomic E-state index is 12.0. The van der Waals surface area contributed by atoms with Crippen LogP contribution in [0.5, 0.6) is 0 Å². The zero-order valence-corrected chi connectivity index (χ0v) is 13.0. The second-order valence-corrected chi connectivity index (χ2v) is 5.45. The summed E-state index contributed by atoms with van der Waals surface area (Å²) < 4.78 is 0. The Labute approximate surface area is 139 Å². The standard InChI is InChI=1S/C18H17N5O/c1-2-9-23(14-6-4-13(19)5-7-14)11-12-3-8-16-15(10-12)17(24)22-18(20)21-16/h1,3-8,10H,9,11,19H2,(H3,20,21,22,24). The number of aromatic amines is 1. The molecule has 0 aliphatic rings. The second kappa shape index (κ2) is 6.34. The van der Waals surface area contributed by atoms with Gasteiger partial charge in [0, 0.05) is 17.9 Å². The summed E-state index contributed by atoms with van der Waals surface area (Å²) in [5.41, 5.74) is 14.2. The quantitative estimate of drug-likeness (QED) is 0.502. The van der Waals surface area contributed by atoms with Crippen LogP contribution < -0.4 is 21.9 Å². The van der Waals surface area contributed by atoms with Crippen molar-refractivity contribution in [2.24, 2.45) is 0 Å². The van der Waals surface area contributed by atoms with E-state index in [0.29, 0.717) is 29.7 Å². The molecule has 120 valence electrons. The Morgan fingerprint density at radius 2 is 1.92 bits per heavy atom. The van der Waals surface area contributed by atoms with E-state index in [1.54, 1.807) is 12.1 Å². The van der Waals surface area contributed by atoms with E-state index in [-0.39, 0.29) is 11.5 Å². The molecule has 2 aromatic carbocycles. The monoisotopic (exact) mass is 319 g/mol. The van der Waals surface area contributed by atoms with Gasteiger partial charge in [-0.05, 0) is 42.0 Å². The van der Waals surface area contributed by atoms with Gasteiger partial charge in [-0.1, -0.05) is 12.0 Å². The molecule has 0 bridgehead atoms. The minimum Gasteiger partial charge on any atom is -0.399 e. The number of terminal acetylenes is 1. The number of hydrogen-bond acceptors (Lipinski definition) is 5. The average molecular weight is 319 g/mol. The van der Waals surface area contributed by atoms with E-state index in [2.05, 4.69) is 15.9 Å². The number of fused-ring (bicyclic) bond motifs is 1. The van der Waals surface area contributed by atoms with Crippen molar-refractivity contribution in [2.45, 2.75) is 6.54 Å².